The van der Waals surface area contributed by atoms with Crippen LogP contribution in [-0.4, -0.2) is 103 Å². The number of carbonyl (C=O) groups excluding carboxylic acids is 1. The molecule has 8 nitrogen and oxygen atoms in total. The lowest BCUT2D eigenvalue weighted by molar-refractivity contribution is 0.0398. The third-order valence-electron chi connectivity index (χ3n) is 5.98. The molecular weight excluding hydrogens is 392 g/mol. The quantitative estimate of drug-likeness (QED) is 0.755. The average molecular weight is 425 g/mol. The number of hydrogen-bond donors (Lipinski definition) is 1. The molecule has 166 valence electrons. The zero-order chi connectivity index (χ0) is 21.6. The van der Waals surface area contributed by atoms with E-state index < -0.39 is 0 Å². The lowest BCUT2D eigenvalue weighted by atomic mass is 10.1. The Hall–Kier alpha value is -2.55. The van der Waals surface area contributed by atoms with E-state index in [4.69, 9.17) is 9.72 Å². The van der Waals surface area contributed by atoms with Gasteiger partial charge in [0.15, 0.2) is 5.82 Å². The van der Waals surface area contributed by atoms with E-state index in [1.165, 1.54) is 0 Å². The number of carbonyl (C=O) groups is 1. The van der Waals surface area contributed by atoms with Crippen LogP contribution in [0.3, 0.4) is 0 Å². The summed E-state index contributed by atoms with van der Waals surface area (Å²) in [5.74, 6) is 1.61. The standard InChI is InChI=1S/C23H32N6O2/c1-18-17-25-22(26-21(18)24-7-8-28-13-15-31-16-14-28)19-3-5-20(6-4-19)23(30)29-11-9-27(2)10-12-29/h3-6,17H,7-16H2,1-2H3,(H,24,25,26). The van der Waals surface area contributed by atoms with Gasteiger partial charge in [0.05, 0.1) is 13.2 Å². The fraction of sp³-hybridized carbons (Fsp3) is 0.522. The molecule has 1 amide bonds. The Balaban J connectivity index is 1.38. The molecule has 2 aromatic rings. The van der Waals surface area contributed by atoms with Crippen LogP contribution in [-0.2, 0) is 4.74 Å². The number of ether oxygens (including phenoxy) is 1. The molecule has 0 atom stereocenters. The van der Waals surface area contributed by atoms with Crippen LogP contribution >= 0.6 is 0 Å². The molecular formula is C23H32N6O2. The maximum Gasteiger partial charge on any atom is 0.253 e. The number of likely N-dealkylation sites (N-methyl/N-ethyl adjacent to an activating group) is 1. The summed E-state index contributed by atoms with van der Waals surface area (Å²) in [4.78, 5) is 28.6. The maximum absolute atomic E-state index is 12.8. The Morgan fingerprint density at radius 1 is 1.06 bits per heavy atom. The highest BCUT2D eigenvalue weighted by molar-refractivity contribution is 5.94. The minimum absolute atomic E-state index is 0.0925. The summed E-state index contributed by atoms with van der Waals surface area (Å²) in [6.45, 7) is 10.8. The summed E-state index contributed by atoms with van der Waals surface area (Å²) in [6, 6.07) is 7.63. The van der Waals surface area contributed by atoms with E-state index in [1.54, 1.807) is 0 Å². The first-order valence-corrected chi connectivity index (χ1v) is 11.1. The number of hydrogen-bond acceptors (Lipinski definition) is 7. The second-order valence-electron chi connectivity index (χ2n) is 8.28. The molecule has 0 unspecified atom stereocenters. The van der Waals surface area contributed by atoms with Gasteiger partial charge in [0.25, 0.3) is 5.91 Å². The molecule has 0 saturated carbocycles. The Kier molecular flexibility index (Phi) is 7.11. The van der Waals surface area contributed by atoms with Gasteiger partial charge in [-0.1, -0.05) is 12.1 Å². The summed E-state index contributed by atoms with van der Waals surface area (Å²) in [5, 5.41) is 3.45. The first-order chi connectivity index (χ1) is 15.1. The Labute approximate surface area is 184 Å². The van der Waals surface area contributed by atoms with Crippen molar-refractivity contribution in [2.24, 2.45) is 0 Å². The molecule has 1 aromatic heterocycles. The summed E-state index contributed by atoms with van der Waals surface area (Å²) in [7, 11) is 2.09. The van der Waals surface area contributed by atoms with Gasteiger partial charge >= 0.3 is 0 Å². The fourth-order valence-electron chi connectivity index (χ4n) is 3.87. The number of nitrogens with one attached hydrogen (secondary N) is 1. The normalized spacial score (nSPS) is 18.2. The highest BCUT2D eigenvalue weighted by atomic mass is 16.5. The number of morpholine rings is 1. The van der Waals surface area contributed by atoms with Gasteiger partial charge in [0.1, 0.15) is 5.82 Å². The number of nitrogens with zero attached hydrogens (tertiary/aromatic N) is 5. The van der Waals surface area contributed by atoms with Gasteiger partial charge in [-0.25, -0.2) is 9.97 Å². The van der Waals surface area contributed by atoms with Crippen LogP contribution in [0.4, 0.5) is 5.82 Å². The van der Waals surface area contributed by atoms with Gasteiger partial charge in [-0.15, -0.1) is 0 Å². The van der Waals surface area contributed by atoms with E-state index in [0.29, 0.717) is 11.4 Å². The van der Waals surface area contributed by atoms with Crippen LogP contribution in [0.1, 0.15) is 15.9 Å². The monoisotopic (exact) mass is 424 g/mol. The zero-order valence-corrected chi connectivity index (χ0v) is 18.5. The summed E-state index contributed by atoms with van der Waals surface area (Å²) in [5.41, 5.74) is 2.64. The van der Waals surface area contributed by atoms with Crippen LogP contribution in [0.15, 0.2) is 30.5 Å². The number of piperazine rings is 1. The predicted molar refractivity (Wildman–Crippen MR) is 121 cm³/mol. The van der Waals surface area contributed by atoms with Crippen molar-refractivity contribution >= 4 is 11.7 Å². The zero-order valence-electron chi connectivity index (χ0n) is 18.5. The van der Waals surface area contributed by atoms with Crippen LogP contribution in [0.2, 0.25) is 0 Å². The predicted octanol–water partition coefficient (Wildman–Crippen LogP) is 1.58. The van der Waals surface area contributed by atoms with Crippen molar-refractivity contribution in [3.05, 3.63) is 41.6 Å². The molecule has 1 aromatic carbocycles. The van der Waals surface area contributed by atoms with Crippen molar-refractivity contribution in [1.29, 1.82) is 0 Å². The van der Waals surface area contributed by atoms with E-state index in [0.717, 1.165) is 82.5 Å². The first-order valence-electron chi connectivity index (χ1n) is 11.1. The van der Waals surface area contributed by atoms with Crippen molar-refractivity contribution in [3.63, 3.8) is 0 Å². The van der Waals surface area contributed by atoms with Gasteiger partial charge in [-0.05, 0) is 26.1 Å². The van der Waals surface area contributed by atoms with Gasteiger partial charge in [0, 0.05) is 75.2 Å². The molecule has 2 fully saturated rings. The van der Waals surface area contributed by atoms with E-state index >= 15 is 0 Å². The molecule has 3 heterocycles. The third kappa shape index (κ3) is 5.58. The molecule has 0 bridgehead atoms. The van der Waals surface area contributed by atoms with E-state index in [9.17, 15) is 4.79 Å². The second kappa shape index (κ2) is 10.2. The first kappa shape index (κ1) is 21.7. The van der Waals surface area contributed by atoms with Crippen molar-refractivity contribution in [2.75, 3.05) is 77.9 Å². The summed E-state index contributed by atoms with van der Waals surface area (Å²) < 4.78 is 5.40. The number of anilines is 1. The molecule has 31 heavy (non-hydrogen) atoms. The van der Waals surface area contributed by atoms with Crippen molar-refractivity contribution < 1.29 is 9.53 Å². The molecule has 1 N–H and O–H groups in total. The maximum atomic E-state index is 12.8. The molecule has 0 spiro atoms. The van der Waals surface area contributed by atoms with E-state index in [-0.39, 0.29) is 5.91 Å². The topological polar surface area (TPSA) is 73.8 Å². The van der Waals surface area contributed by atoms with Gasteiger partial charge < -0.3 is 19.9 Å². The Bertz CT molecular complexity index is 874. The van der Waals surface area contributed by atoms with Crippen LogP contribution in [0.25, 0.3) is 11.4 Å². The number of rotatable bonds is 6. The molecule has 2 aliphatic rings. The Morgan fingerprint density at radius 2 is 1.77 bits per heavy atom. The minimum Gasteiger partial charge on any atom is -0.379 e. The smallest absolute Gasteiger partial charge is 0.253 e. The van der Waals surface area contributed by atoms with Gasteiger partial charge in [-0.3, -0.25) is 9.69 Å². The number of aryl methyl sites for hydroxylation is 1. The highest BCUT2D eigenvalue weighted by Crippen LogP contribution is 2.20. The SMILES string of the molecule is Cc1cnc(-c2ccc(C(=O)N3CCN(C)CC3)cc2)nc1NCCN1CCOCC1. The lowest BCUT2D eigenvalue weighted by Crippen LogP contribution is -2.47. The molecule has 8 heteroatoms. The number of benzene rings is 1. The Morgan fingerprint density at radius 3 is 2.48 bits per heavy atom. The second-order valence-corrected chi connectivity index (χ2v) is 8.28. The summed E-state index contributed by atoms with van der Waals surface area (Å²) in [6.07, 6.45) is 1.85. The van der Waals surface area contributed by atoms with Crippen molar-refractivity contribution in [2.45, 2.75) is 6.92 Å². The molecule has 0 aliphatic carbocycles. The van der Waals surface area contributed by atoms with Crippen LogP contribution < -0.4 is 5.32 Å². The highest BCUT2D eigenvalue weighted by Gasteiger charge is 2.20. The van der Waals surface area contributed by atoms with Gasteiger partial charge in [0.2, 0.25) is 0 Å². The number of aromatic nitrogens is 2. The fourth-order valence-corrected chi connectivity index (χ4v) is 3.87. The minimum atomic E-state index is 0.0925. The average Bonchev–Trinajstić information content (AvgIpc) is 2.81. The third-order valence-corrected chi connectivity index (χ3v) is 5.98. The van der Waals surface area contributed by atoms with Crippen LogP contribution in [0.5, 0.6) is 0 Å². The largest absolute Gasteiger partial charge is 0.379 e. The van der Waals surface area contributed by atoms with Crippen molar-refractivity contribution in [1.82, 2.24) is 24.7 Å². The molecule has 0 radical (unpaired) electrons. The van der Waals surface area contributed by atoms with E-state index in [2.05, 4.69) is 27.1 Å². The summed E-state index contributed by atoms with van der Waals surface area (Å²) >= 11 is 0. The van der Waals surface area contributed by atoms with Crippen LogP contribution in [0, 0.1) is 6.92 Å². The molecule has 2 aliphatic heterocycles. The molecule has 2 saturated heterocycles. The lowest BCUT2D eigenvalue weighted by Gasteiger charge is -2.32. The van der Waals surface area contributed by atoms with Gasteiger partial charge in [-0.2, -0.15) is 0 Å². The van der Waals surface area contributed by atoms with Crippen molar-refractivity contribution in [3.8, 4) is 11.4 Å². The number of amides is 1. The van der Waals surface area contributed by atoms with E-state index in [1.807, 2.05) is 42.3 Å². The molecule has 4 rings (SSSR count).